The van der Waals surface area contributed by atoms with Crippen LogP contribution in [-0.2, 0) is 0 Å². The maximum atomic E-state index is 13.4. The first-order valence-electron chi connectivity index (χ1n) is 9.03. The van der Waals surface area contributed by atoms with Gasteiger partial charge < -0.3 is 9.80 Å². The zero-order valence-corrected chi connectivity index (χ0v) is 15.6. The summed E-state index contributed by atoms with van der Waals surface area (Å²) in [5.74, 6) is 0.853. The van der Waals surface area contributed by atoms with E-state index in [1.807, 2.05) is 42.2 Å². The topological polar surface area (TPSA) is 49.3 Å². The number of nitrogens with zero attached hydrogens (tertiary/aromatic N) is 4. The van der Waals surface area contributed by atoms with Crippen LogP contribution in [0.4, 0.5) is 21.7 Å². The maximum Gasteiger partial charge on any atom is 0.261 e. The smallest absolute Gasteiger partial charge is 0.261 e. The Labute approximate surface area is 162 Å². The molecule has 0 saturated heterocycles. The third kappa shape index (κ3) is 3.13. The summed E-state index contributed by atoms with van der Waals surface area (Å²) in [6.07, 6.45) is 7.03. The predicted molar refractivity (Wildman–Crippen MR) is 109 cm³/mol. The van der Waals surface area contributed by atoms with E-state index in [1.165, 1.54) is 12.1 Å². The van der Waals surface area contributed by atoms with Gasteiger partial charge in [-0.3, -0.25) is 4.79 Å². The van der Waals surface area contributed by atoms with Crippen molar-refractivity contribution in [2.24, 2.45) is 0 Å². The van der Waals surface area contributed by atoms with E-state index >= 15 is 0 Å². The Morgan fingerprint density at radius 2 is 1.86 bits per heavy atom. The molecule has 1 amide bonds. The van der Waals surface area contributed by atoms with Crippen LogP contribution in [0.5, 0.6) is 0 Å². The summed E-state index contributed by atoms with van der Waals surface area (Å²) in [5.41, 5.74) is 2.75. The fourth-order valence-corrected chi connectivity index (χ4v) is 3.29. The van der Waals surface area contributed by atoms with E-state index in [0.29, 0.717) is 23.7 Å². The summed E-state index contributed by atoms with van der Waals surface area (Å²) in [7, 11) is 1.74. The number of carbonyl (C=O) groups is 1. The second-order valence-electron chi connectivity index (χ2n) is 6.48. The van der Waals surface area contributed by atoms with Crippen LogP contribution in [-0.4, -0.2) is 29.5 Å². The van der Waals surface area contributed by atoms with Crippen LogP contribution in [0.2, 0.25) is 0 Å². The number of halogens is 1. The van der Waals surface area contributed by atoms with Gasteiger partial charge in [-0.2, -0.15) is 0 Å². The molecule has 1 aliphatic heterocycles. The van der Waals surface area contributed by atoms with E-state index in [9.17, 15) is 9.18 Å². The van der Waals surface area contributed by atoms with Crippen LogP contribution in [0.3, 0.4) is 0 Å². The van der Waals surface area contributed by atoms with E-state index < -0.39 is 0 Å². The van der Waals surface area contributed by atoms with Crippen LogP contribution < -0.4 is 9.80 Å². The Balaban J connectivity index is 1.77. The summed E-state index contributed by atoms with van der Waals surface area (Å²) in [6, 6.07) is 11.8. The number of anilines is 3. The van der Waals surface area contributed by atoms with Crippen molar-refractivity contribution in [3.63, 3.8) is 0 Å². The molecule has 6 heteroatoms. The molecule has 5 nitrogen and oxygen atoms in total. The van der Waals surface area contributed by atoms with Crippen molar-refractivity contribution in [3.8, 4) is 0 Å². The number of aromatic nitrogens is 2. The maximum absolute atomic E-state index is 13.4. The Morgan fingerprint density at radius 1 is 1.04 bits per heavy atom. The number of carbonyl (C=O) groups excluding carboxylic acids is 1. The molecule has 0 atom stereocenters. The Morgan fingerprint density at radius 3 is 2.64 bits per heavy atom. The predicted octanol–water partition coefficient (Wildman–Crippen LogP) is 4.53. The second kappa shape index (κ2) is 7.23. The summed E-state index contributed by atoms with van der Waals surface area (Å²) in [4.78, 5) is 25.6. The molecule has 1 aromatic carbocycles. The molecule has 0 N–H and O–H groups in total. The van der Waals surface area contributed by atoms with Crippen molar-refractivity contribution in [1.82, 2.24) is 9.97 Å². The van der Waals surface area contributed by atoms with Crippen LogP contribution in [0, 0.1) is 5.82 Å². The van der Waals surface area contributed by atoms with E-state index in [4.69, 9.17) is 0 Å². The molecule has 0 bridgehead atoms. The number of hydrogen-bond donors (Lipinski definition) is 0. The zero-order valence-electron chi connectivity index (χ0n) is 15.6. The molecule has 4 rings (SSSR count). The highest BCUT2D eigenvalue weighted by Crippen LogP contribution is 2.37. The van der Waals surface area contributed by atoms with Gasteiger partial charge in [0.15, 0.2) is 5.82 Å². The van der Waals surface area contributed by atoms with Crippen LogP contribution in [0.25, 0.3) is 12.2 Å². The lowest BCUT2D eigenvalue weighted by molar-refractivity contribution is 0.0994. The highest BCUT2D eigenvalue weighted by atomic mass is 19.1. The number of rotatable bonds is 3. The SMILES string of the molecule is CCN1c2ncc(/C=C/c3cccc(F)c3)cc2C(=O)N(C)c2cccnc21. The first kappa shape index (κ1) is 17.9. The van der Waals surface area contributed by atoms with E-state index in [-0.39, 0.29) is 11.7 Å². The van der Waals surface area contributed by atoms with Crippen molar-refractivity contribution in [2.75, 3.05) is 23.4 Å². The summed E-state index contributed by atoms with van der Waals surface area (Å²) in [6.45, 7) is 2.63. The minimum atomic E-state index is -0.289. The minimum Gasteiger partial charge on any atom is -0.309 e. The highest BCUT2D eigenvalue weighted by molar-refractivity contribution is 6.12. The van der Waals surface area contributed by atoms with E-state index in [0.717, 1.165) is 16.8 Å². The van der Waals surface area contributed by atoms with Crippen molar-refractivity contribution in [2.45, 2.75) is 6.92 Å². The monoisotopic (exact) mass is 374 g/mol. The normalized spacial score (nSPS) is 13.5. The van der Waals surface area contributed by atoms with Crippen LogP contribution >= 0.6 is 0 Å². The van der Waals surface area contributed by atoms with Gasteiger partial charge in [-0.05, 0) is 48.4 Å². The molecule has 0 aliphatic carbocycles. The molecule has 0 saturated carbocycles. The minimum absolute atomic E-state index is 0.145. The number of fused-ring (bicyclic) bond motifs is 2. The fraction of sp³-hybridized carbons (Fsp3) is 0.136. The lowest BCUT2D eigenvalue weighted by Crippen LogP contribution is -2.25. The Hall–Kier alpha value is -3.54. The number of amides is 1. The molecule has 3 aromatic rings. The largest absolute Gasteiger partial charge is 0.309 e. The number of pyridine rings is 2. The summed E-state index contributed by atoms with van der Waals surface area (Å²) in [5, 5.41) is 0. The molecule has 0 unspecified atom stereocenters. The zero-order chi connectivity index (χ0) is 19.7. The number of hydrogen-bond acceptors (Lipinski definition) is 4. The van der Waals surface area contributed by atoms with Gasteiger partial charge in [0.1, 0.15) is 11.6 Å². The Kier molecular flexibility index (Phi) is 4.61. The molecule has 0 radical (unpaired) electrons. The molecular weight excluding hydrogens is 355 g/mol. The highest BCUT2D eigenvalue weighted by Gasteiger charge is 2.30. The fourth-order valence-electron chi connectivity index (χ4n) is 3.29. The van der Waals surface area contributed by atoms with Crippen LogP contribution in [0.1, 0.15) is 28.4 Å². The third-order valence-corrected chi connectivity index (χ3v) is 4.69. The van der Waals surface area contributed by atoms with Gasteiger partial charge in [0.25, 0.3) is 5.91 Å². The van der Waals surface area contributed by atoms with E-state index in [1.54, 1.807) is 36.5 Å². The van der Waals surface area contributed by atoms with Crippen molar-refractivity contribution >= 4 is 35.4 Å². The lowest BCUT2D eigenvalue weighted by Gasteiger charge is -2.22. The molecule has 3 heterocycles. The van der Waals surface area contributed by atoms with Gasteiger partial charge in [-0.15, -0.1) is 0 Å². The standard InChI is InChI=1S/C22H19FN4O/c1-3-27-20-18(22(28)26(2)19-8-5-11-24-21(19)27)13-16(14-25-20)10-9-15-6-4-7-17(23)12-15/h4-14H,3H2,1-2H3/b10-9+. The van der Waals surface area contributed by atoms with Gasteiger partial charge >= 0.3 is 0 Å². The van der Waals surface area contributed by atoms with Crippen molar-refractivity contribution < 1.29 is 9.18 Å². The summed E-state index contributed by atoms with van der Waals surface area (Å²) < 4.78 is 13.4. The molecule has 0 spiro atoms. The average Bonchev–Trinajstić information content (AvgIpc) is 2.80. The molecule has 2 aromatic heterocycles. The first-order chi connectivity index (χ1) is 13.6. The van der Waals surface area contributed by atoms with Gasteiger partial charge in [-0.25, -0.2) is 14.4 Å². The Bertz CT molecular complexity index is 1080. The molecular formula is C22H19FN4O. The first-order valence-corrected chi connectivity index (χ1v) is 9.03. The second-order valence-corrected chi connectivity index (χ2v) is 6.48. The average molecular weight is 374 g/mol. The molecule has 0 fully saturated rings. The quantitative estimate of drug-likeness (QED) is 0.676. The lowest BCUT2D eigenvalue weighted by atomic mass is 10.1. The molecule has 28 heavy (non-hydrogen) atoms. The van der Waals surface area contributed by atoms with Gasteiger partial charge in [0.2, 0.25) is 0 Å². The van der Waals surface area contributed by atoms with Crippen molar-refractivity contribution in [3.05, 3.63) is 77.4 Å². The third-order valence-electron chi connectivity index (χ3n) is 4.69. The van der Waals surface area contributed by atoms with E-state index in [2.05, 4.69) is 9.97 Å². The van der Waals surface area contributed by atoms with Gasteiger partial charge in [0, 0.05) is 26.0 Å². The van der Waals surface area contributed by atoms with Gasteiger partial charge in [-0.1, -0.05) is 24.3 Å². The van der Waals surface area contributed by atoms with Gasteiger partial charge in [0.05, 0.1) is 11.3 Å². The molecule has 140 valence electrons. The molecule has 1 aliphatic rings. The summed E-state index contributed by atoms with van der Waals surface area (Å²) >= 11 is 0. The number of benzene rings is 1. The van der Waals surface area contributed by atoms with Crippen LogP contribution in [0.15, 0.2) is 54.9 Å². The van der Waals surface area contributed by atoms with Crippen molar-refractivity contribution in [1.29, 1.82) is 0 Å².